The van der Waals surface area contributed by atoms with E-state index in [9.17, 15) is 4.79 Å². The van der Waals surface area contributed by atoms with E-state index in [1.54, 1.807) is 19.2 Å². The minimum Gasteiger partial charge on any atom is -0.447 e. The summed E-state index contributed by atoms with van der Waals surface area (Å²) in [6, 6.07) is 11.2. The third kappa shape index (κ3) is 3.15. The Morgan fingerprint density at radius 1 is 1.29 bits per heavy atom. The summed E-state index contributed by atoms with van der Waals surface area (Å²) in [5.41, 5.74) is 1.05. The van der Waals surface area contributed by atoms with Crippen LogP contribution in [0.5, 0.6) is 10.8 Å². The Morgan fingerprint density at radius 2 is 2.18 bits per heavy atom. The first-order chi connectivity index (χ1) is 8.31. The molecule has 0 aliphatic rings. The molecule has 0 saturated heterocycles. The predicted octanol–water partition coefficient (Wildman–Crippen LogP) is 3.50. The van der Waals surface area contributed by atoms with Crippen molar-refractivity contribution in [3.63, 3.8) is 0 Å². The summed E-state index contributed by atoms with van der Waals surface area (Å²) in [7, 11) is 1.66. The third-order valence-corrected chi connectivity index (χ3v) is 3.03. The molecule has 0 saturated carbocycles. The molecule has 1 aromatic heterocycles. The molecule has 0 atom stereocenters. The van der Waals surface area contributed by atoms with Crippen molar-refractivity contribution in [2.24, 2.45) is 0 Å². The second-order valence-corrected chi connectivity index (χ2v) is 4.54. The molecule has 0 unspecified atom stereocenters. The number of aldehydes is 1. The smallest absolute Gasteiger partial charge is 0.181 e. The Balaban J connectivity index is 2.12. The molecule has 0 fully saturated rings. The van der Waals surface area contributed by atoms with Gasteiger partial charge in [-0.15, -0.1) is 0 Å². The molecule has 0 aliphatic heterocycles. The molecule has 0 N–H and O–H groups in total. The maximum absolute atomic E-state index is 10.5. The highest BCUT2D eigenvalue weighted by Crippen LogP contribution is 2.29. The summed E-state index contributed by atoms with van der Waals surface area (Å²) in [6.45, 7) is 0.557. The van der Waals surface area contributed by atoms with Crippen molar-refractivity contribution in [3.8, 4) is 10.8 Å². The number of methoxy groups -OCH3 is 1. The number of hydrogen-bond acceptors (Lipinski definition) is 4. The van der Waals surface area contributed by atoms with Crippen molar-refractivity contribution in [2.45, 2.75) is 6.61 Å². The van der Waals surface area contributed by atoms with Gasteiger partial charge in [0.25, 0.3) is 0 Å². The van der Waals surface area contributed by atoms with E-state index >= 15 is 0 Å². The molecule has 0 radical (unpaired) electrons. The van der Waals surface area contributed by atoms with E-state index in [-0.39, 0.29) is 0 Å². The average Bonchev–Trinajstić information content (AvgIpc) is 2.78. The first-order valence-electron chi connectivity index (χ1n) is 5.12. The highest BCUT2D eigenvalue weighted by Gasteiger charge is 2.02. The summed E-state index contributed by atoms with van der Waals surface area (Å²) < 4.78 is 10.7. The number of carbonyl (C=O) groups excluding carboxylic acids is 1. The monoisotopic (exact) mass is 248 g/mol. The Morgan fingerprint density at radius 3 is 2.88 bits per heavy atom. The van der Waals surface area contributed by atoms with Crippen LogP contribution in [0, 0.1) is 0 Å². The van der Waals surface area contributed by atoms with Crippen LogP contribution in [0.2, 0.25) is 0 Å². The van der Waals surface area contributed by atoms with Gasteiger partial charge >= 0.3 is 0 Å². The molecular weight excluding hydrogens is 236 g/mol. The number of thiophene rings is 1. The molecule has 0 amide bonds. The van der Waals surface area contributed by atoms with Crippen LogP contribution in [-0.4, -0.2) is 13.4 Å². The normalized spacial score (nSPS) is 10.2. The van der Waals surface area contributed by atoms with E-state index in [1.165, 1.54) is 11.3 Å². The Bertz CT molecular complexity index is 505. The first kappa shape index (κ1) is 11.8. The standard InChI is InChI=1S/C13H12O3S/c1-15-9-10-3-2-4-11(7-10)16-13-6-5-12(8-14)17-13/h2-8H,9H2,1H3. The fourth-order valence-corrected chi connectivity index (χ4v) is 2.12. The van der Waals surface area contributed by atoms with E-state index in [2.05, 4.69) is 0 Å². The molecule has 88 valence electrons. The second-order valence-electron chi connectivity index (χ2n) is 3.46. The van der Waals surface area contributed by atoms with Crippen molar-refractivity contribution in [1.82, 2.24) is 0 Å². The SMILES string of the molecule is COCc1cccc(Oc2ccc(C=O)s2)c1. The maximum atomic E-state index is 10.5. The minimum absolute atomic E-state index is 0.557. The molecular formula is C13H12O3S. The summed E-state index contributed by atoms with van der Waals surface area (Å²) in [4.78, 5) is 11.2. The van der Waals surface area contributed by atoms with E-state index < -0.39 is 0 Å². The van der Waals surface area contributed by atoms with Gasteiger partial charge in [0.1, 0.15) is 5.75 Å². The zero-order chi connectivity index (χ0) is 12.1. The van der Waals surface area contributed by atoms with Crippen molar-refractivity contribution in [1.29, 1.82) is 0 Å². The molecule has 0 bridgehead atoms. The van der Waals surface area contributed by atoms with E-state index in [4.69, 9.17) is 9.47 Å². The summed E-state index contributed by atoms with van der Waals surface area (Å²) >= 11 is 1.33. The summed E-state index contributed by atoms with van der Waals surface area (Å²) in [6.07, 6.45) is 0.818. The molecule has 3 nitrogen and oxygen atoms in total. The predicted molar refractivity (Wildman–Crippen MR) is 66.9 cm³/mol. The third-order valence-electron chi connectivity index (χ3n) is 2.15. The Hall–Kier alpha value is -1.65. The van der Waals surface area contributed by atoms with Gasteiger partial charge in [-0.1, -0.05) is 23.5 Å². The van der Waals surface area contributed by atoms with Gasteiger partial charge in [-0.3, -0.25) is 4.79 Å². The van der Waals surface area contributed by atoms with Gasteiger partial charge in [0.05, 0.1) is 11.5 Å². The number of ether oxygens (including phenoxy) is 2. The number of carbonyl (C=O) groups is 1. The second kappa shape index (κ2) is 5.61. The fraction of sp³-hybridized carbons (Fsp3) is 0.154. The van der Waals surface area contributed by atoms with Crippen LogP contribution in [0.15, 0.2) is 36.4 Å². The van der Waals surface area contributed by atoms with Crippen molar-refractivity contribution < 1.29 is 14.3 Å². The lowest BCUT2D eigenvalue weighted by Crippen LogP contribution is -1.88. The van der Waals surface area contributed by atoms with Gasteiger partial charge in [-0.05, 0) is 29.8 Å². The Kier molecular flexibility index (Phi) is 3.90. The van der Waals surface area contributed by atoms with Gasteiger partial charge in [-0.25, -0.2) is 0 Å². The van der Waals surface area contributed by atoms with Crippen molar-refractivity contribution >= 4 is 17.6 Å². The summed E-state index contributed by atoms with van der Waals surface area (Å²) in [5.74, 6) is 0.749. The maximum Gasteiger partial charge on any atom is 0.181 e. The van der Waals surface area contributed by atoms with Crippen LogP contribution in [-0.2, 0) is 11.3 Å². The number of benzene rings is 1. The van der Waals surface area contributed by atoms with Crippen LogP contribution < -0.4 is 4.74 Å². The molecule has 2 aromatic rings. The molecule has 0 spiro atoms. The highest BCUT2D eigenvalue weighted by molar-refractivity contribution is 7.15. The van der Waals surface area contributed by atoms with E-state index in [0.717, 1.165) is 17.6 Å². The van der Waals surface area contributed by atoms with Gasteiger partial charge in [0.2, 0.25) is 0 Å². The average molecular weight is 248 g/mol. The largest absolute Gasteiger partial charge is 0.447 e. The zero-order valence-electron chi connectivity index (χ0n) is 9.38. The Labute approximate surface area is 104 Å². The van der Waals surface area contributed by atoms with Crippen molar-refractivity contribution in [2.75, 3.05) is 7.11 Å². The lowest BCUT2D eigenvalue weighted by atomic mass is 10.2. The van der Waals surface area contributed by atoms with E-state index in [1.807, 2.05) is 24.3 Å². The lowest BCUT2D eigenvalue weighted by Gasteiger charge is -2.05. The summed E-state index contributed by atoms with van der Waals surface area (Å²) in [5, 5.41) is 0.710. The molecule has 1 heterocycles. The topological polar surface area (TPSA) is 35.5 Å². The molecule has 0 aliphatic carbocycles. The number of rotatable bonds is 5. The van der Waals surface area contributed by atoms with Gasteiger partial charge in [0, 0.05) is 7.11 Å². The van der Waals surface area contributed by atoms with Gasteiger partial charge in [-0.2, -0.15) is 0 Å². The highest BCUT2D eigenvalue weighted by atomic mass is 32.1. The van der Waals surface area contributed by atoms with Crippen LogP contribution >= 0.6 is 11.3 Å². The molecule has 17 heavy (non-hydrogen) atoms. The molecule has 2 rings (SSSR count). The fourth-order valence-electron chi connectivity index (χ4n) is 1.43. The van der Waals surface area contributed by atoms with Crippen LogP contribution in [0.1, 0.15) is 15.2 Å². The zero-order valence-corrected chi connectivity index (χ0v) is 10.2. The molecule has 1 aromatic carbocycles. The number of hydrogen-bond donors (Lipinski definition) is 0. The van der Waals surface area contributed by atoms with E-state index in [0.29, 0.717) is 16.5 Å². The van der Waals surface area contributed by atoms with Gasteiger partial charge < -0.3 is 9.47 Å². The van der Waals surface area contributed by atoms with Gasteiger partial charge in [0.15, 0.2) is 11.3 Å². The lowest BCUT2D eigenvalue weighted by molar-refractivity contribution is 0.112. The van der Waals surface area contributed by atoms with Crippen LogP contribution in [0.4, 0.5) is 0 Å². The van der Waals surface area contributed by atoms with Crippen LogP contribution in [0.3, 0.4) is 0 Å². The minimum atomic E-state index is 0.557. The first-order valence-corrected chi connectivity index (χ1v) is 5.94. The molecule has 4 heteroatoms. The van der Waals surface area contributed by atoms with Crippen molar-refractivity contribution in [3.05, 3.63) is 46.8 Å². The quantitative estimate of drug-likeness (QED) is 0.760. The van der Waals surface area contributed by atoms with Crippen LogP contribution in [0.25, 0.3) is 0 Å².